The number of hydrogen-bond donors (Lipinski definition) is 2. The molecule has 112 valence electrons. The Hall–Kier alpha value is -0.910. The lowest BCUT2D eigenvalue weighted by molar-refractivity contribution is -0.117. The molecule has 0 aliphatic carbocycles. The minimum absolute atomic E-state index is 0.220. The molecule has 20 heavy (non-hydrogen) atoms. The zero-order valence-corrected chi connectivity index (χ0v) is 13.4. The van der Waals surface area contributed by atoms with Crippen molar-refractivity contribution in [2.24, 2.45) is 5.73 Å². The fourth-order valence-electron chi connectivity index (χ4n) is 1.54. The van der Waals surface area contributed by atoms with Crippen molar-refractivity contribution in [3.63, 3.8) is 0 Å². The van der Waals surface area contributed by atoms with Crippen LogP contribution in [0.3, 0.4) is 0 Å². The summed E-state index contributed by atoms with van der Waals surface area (Å²) in [5.74, 6) is 1.24. The van der Waals surface area contributed by atoms with Gasteiger partial charge in [-0.15, -0.1) is 0 Å². The van der Waals surface area contributed by atoms with E-state index in [4.69, 9.17) is 22.1 Å². The van der Waals surface area contributed by atoms with Crippen LogP contribution in [0.15, 0.2) is 18.2 Å². The monoisotopic (exact) mass is 316 g/mol. The number of carbonyl (C=O) groups is 1. The quantitative estimate of drug-likeness (QED) is 0.773. The Morgan fingerprint density at radius 3 is 2.95 bits per heavy atom. The van der Waals surface area contributed by atoms with Crippen LogP contribution in [0.4, 0.5) is 5.69 Å². The van der Waals surface area contributed by atoms with Crippen LogP contribution in [0.25, 0.3) is 0 Å². The highest BCUT2D eigenvalue weighted by Crippen LogP contribution is 2.28. The van der Waals surface area contributed by atoms with Crippen LogP contribution >= 0.6 is 23.4 Å². The summed E-state index contributed by atoms with van der Waals surface area (Å²) in [4.78, 5) is 12.0. The minimum Gasteiger partial charge on any atom is -0.491 e. The number of rotatable bonds is 8. The number of thioether (sulfide) groups is 1. The molecule has 1 aromatic carbocycles. The van der Waals surface area contributed by atoms with Crippen molar-refractivity contribution in [3.8, 4) is 5.75 Å². The molecule has 4 nitrogen and oxygen atoms in total. The molecule has 1 rings (SSSR count). The zero-order valence-electron chi connectivity index (χ0n) is 11.8. The van der Waals surface area contributed by atoms with Gasteiger partial charge in [0.25, 0.3) is 0 Å². The molecule has 0 saturated heterocycles. The third-order valence-corrected chi connectivity index (χ3v) is 3.51. The Bertz CT molecular complexity index is 443. The first-order chi connectivity index (χ1) is 9.58. The van der Waals surface area contributed by atoms with Gasteiger partial charge in [0.05, 0.1) is 18.3 Å². The van der Waals surface area contributed by atoms with Crippen molar-refractivity contribution in [1.82, 2.24) is 0 Å². The molecule has 1 aromatic rings. The number of amides is 1. The second-order valence-corrected chi connectivity index (χ2v) is 5.79. The molecular weight excluding hydrogens is 296 g/mol. The molecule has 0 spiro atoms. The molecule has 0 saturated carbocycles. The number of anilines is 1. The molecule has 1 atom stereocenters. The van der Waals surface area contributed by atoms with E-state index in [2.05, 4.69) is 5.32 Å². The number of benzene rings is 1. The molecule has 1 amide bonds. The van der Waals surface area contributed by atoms with Crippen molar-refractivity contribution in [2.45, 2.75) is 25.8 Å². The standard InChI is InChI=1S/C14H21ClN2O2S/c1-3-7-19-13-5-4-10(15)9-12(13)17-14(18)11(16)6-8-20-2/h4-5,9,11H,3,6-8,16H2,1-2H3,(H,17,18)/t11-/m1/s1. The molecule has 6 heteroatoms. The number of nitrogens with two attached hydrogens (primary N) is 1. The summed E-state index contributed by atoms with van der Waals surface area (Å²) in [5, 5.41) is 3.33. The molecular formula is C14H21ClN2O2S. The van der Waals surface area contributed by atoms with E-state index in [0.29, 0.717) is 29.5 Å². The van der Waals surface area contributed by atoms with E-state index in [9.17, 15) is 4.79 Å². The van der Waals surface area contributed by atoms with Crippen molar-refractivity contribution in [1.29, 1.82) is 0 Å². The predicted octanol–water partition coefficient (Wildman–Crippen LogP) is 3.15. The largest absolute Gasteiger partial charge is 0.491 e. The average molecular weight is 317 g/mol. The van der Waals surface area contributed by atoms with Gasteiger partial charge in [-0.05, 0) is 43.0 Å². The van der Waals surface area contributed by atoms with Gasteiger partial charge in [-0.3, -0.25) is 4.79 Å². The summed E-state index contributed by atoms with van der Waals surface area (Å²) in [6.07, 6.45) is 3.51. The van der Waals surface area contributed by atoms with Crippen LogP contribution in [0.1, 0.15) is 19.8 Å². The number of carbonyl (C=O) groups excluding carboxylic acids is 1. The third kappa shape index (κ3) is 5.61. The van der Waals surface area contributed by atoms with E-state index in [1.165, 1.54) is 0 Å². The van der Waals surface area contributed by atoms with Crippen molar-refractivity contribution in [3.05, 3.63) is 23.2 Å². The summed E-state index contributed by atoms with van der Waals surface area (Å²) in [6.45, 7) is 2.61. The molecule has 3 N–H and O–H groups in total. The lowest BCUT2D eigenvalue weighted by Gasteiger charge is -2.15. The third-order valence-electron chi connectivity index (χ3n) is 2.63. The van der Waals surface area contributed by atoms with Gasteiger partial charge < -0.3 is 15.8 Å². The molecule has 0 aliphatic heterocycles. The van der Waals surface area contributed by atoms with Gasteiger partial charge in [-0.2, -0.15) is 11.8 Å². The smallest absolute Gasteiger partial charge is 0.241 e. The Morgan fingerprint density at radius 1 is 1.55 bits per heavy atom. The highest BCUT2D eigenvalue weighted by molar-refractivity contribution is 7.98. The van der Waals surface area contributed by atoms with E-state index in [-0.39, 0.29) is 5.91 Å². The Balaban J connectivity index is 2.73. The number of ether oxygens (including phenoxy) is 1. The fourth-order valence-corrected chi connectivity index (χ4v) is 2.20. The fraction of sp³-hybridized carbons (Fsp3) is 0.500. The van der Waals surface area contributed by atoms with Gasteiger partial charge in [0.1, 0.15) is 5.75 Å². The lowest BCUT2D eigenvalue weighted by Crippen LogP contribution is -2.36. The zero-order chi connectivity index (χ0) is 15.0. The number of nitrogens with one attached hydrogen (secondary N) is 1. The predicted molar refractivity (Wildman–Crippen MR) is 86.8 cm³/mol. The van der Waals surface area contributed by atoms with Gasteiger partial charge in [0, 0.05) is 5.02 Å². The highest BCUT2D eigenvalue weighted by Gasteiger charge is 2.15. The van der Waals surface area contributed by atoms with Crippen molar-refractivity contribution in [2.75, 3.05) is 23.9 Å². The van der Waals surface area contributed by atoms with E-state index in [1.54, 1.807) is 30.0 Å². The van der Waals surface area contributed by atoms with Gasteiger partial charge in [-0.1, -0.05) is 18.5 Å². The lowest BCUT2D eigenvalue weighted by atomic mass is 10.2. The summed E-state index contributed by atoms with van der Waals surface area (Å²) in [5.41, 5.74) is 6.41. The van der Waals surface area contributed by atoms with Gasteiger partial charge in [-0.25, -0.2) is 0 Å². The van der Waals surface area contributed by atoms with Crippen LogP contribution in [-0.4, -0.2) is 30.6 Å². The second kappa shape index (κ2) is 9.10. The van der Waals surface area contributed by atoms with Gasteiger partial charge in [0.2, 0.25) is 5.91 Å². The van der Waals surface area contributed by atoms with Crippen LogP contribution in [0.2, 0.25) is 5.02 Å². The van der Waals surface area contributed by atoms with Crippen LogP contribution < -0.4 is 15.8 Å². The summed E-state index contributed by atoms with van der Waals surface area (Å²) in [6, 6.07) is 4.63. The summed E-state index contributed by atoms with van der Waals surface area (Å²) < 4.78 is 5.58. The molecule has 0 unspecified atom stereocenters. The first-order valence-electron chi connectivity index (χ1n) is 6.56. The van der Waals surface area contributed by atoms with Crippen molar-refractivity contribution < 1.29 is 9.53 Å². The van der Waals surface area contributed by atoms with Crippen molar-refractivity contribution >= 4 is 35.0 Å². The molecule has 0 aliphatic rings. The maximum absolute atomic E-state index is 12.0. The molecule has 0 fully saturated rings. The Kier molecular flexibility index (Phi) is 7.80. The van der Waals surface area contributed by atoms with E-state index in [1.807, 2.05) is 13.2 Å². The second-order valence-electron chi connectivity index (χ2n) is 4.37. The minimum atomic E-state index is -0.527. The van der Waals surface area contributed by atoms with Crippen LogP contribution in [0.5, 0.6) is 5.75 Å². The molecule has 0 bridgehead atoms. The normalized spacial score (nSPS) is 12.0. The van der Waals surface area contributed by atoms with Gasteiger partial charge >= 0.3 is 0 Å². The van der Waals surface area contributed by atoms with E-state index < -0.39 is 6.04 Å². The van der Waals surface area contributed by atoms with E-state index >= 15 is 0 Å². The Morgan fingerprint density at radius 2 is 2.30 bits per heavy atom. The molecule has 0 radical (unpaired) electrons. The average Bonchev–Trinajstić information content (AvgIpc) is 2.43. The van der Waals surface area contributed by atoms with E-state index in [0.717, 1.165) is 12.2 Å². The van der Waals surface area contributed by atoms with Crippen LogP contribution in [-0.2, 0) is 4.79 Å². The first-order valence-corrected chi connectivity index (χ1v) is 8.33. The van der Waals surface area contributed by atoms with Gasteiger partial charge in [0.15, 0.2) is 0 Å². The van der Waals surface area contributed by atoms with Crippen LogP contribution in [0, 0.1) is 0 Å². The number of hydrogen-bond acceptors (Lipinski definition) is 4. The Labute approximate surface area is 129 Å². The highest BCUT2D eigenvalue weighted by atomic mass is 35.5. The topological polar surface area (TPSA) is 64.3 Å². The molecule has 0 heterocycles. The summed E-state index contributed by atoms with van der Waals surface area (Å²) >= 11 is 7.62. The maximum atomic E-state index is 12.0. The number of halogens is 1. The molecule has 0 aromatic heterocycles. The maximum Gasteiger partial charge on any atom is 0.241 e. The first kappa shape index (κ1) is 17.1. The summed E-state index contributed by atoms with van der Waals surface area (Å²) in [7, 11) is 0. The SMILES string of the molecule is CCCOc1ccc(Cl)cc1NC(=O)[C@H](N)CCSC.